The molecule has 0 saturated carbocycles. The van der Waals surface area contributed by atoms with Crippen LogP contribution in [-0.2, 0) is 34.0 Å². The minimum atomic E-state index is -5.48. The Kier molecular flexibility index (Phi) is 14.6. The Hall–Kier alpha value is -5.97. The Bertz CT molecular complexity index is 2730. The molecule has 62 heavy (non-hydrogen) atoms. The summed E-state index contributed by atoms with van der Waals surface area (Å²) in [6.45, 7) is 0.612. The number of alkyl halides is 3. The van der Waals surface area contributed by atoms with Gasteiger partial charge in [0.15, 0.2) is 23.0 Å². The number of amides is 1. The van der Waals surface area contributed by atoms with Crippen molar-refractivity contribution in [2.24, 2.45) is 5.73 Å². The summed E-state index contributed by atoms with van der Waals surface area (Å²) >= 11 is 0.688. The van der Waals surface area contributed by atoms with Crippen molar-refractivity contribution < 1.29 is 59.7 Å². The molecule has 5 aromatic carbocycles. The van der Waals surface area contributed by atoms with Gasteiger partial charge in [0, 0.05) is 22.9 Å². The van der Waals surface area contributed by atoms with Crippen molar-refractivity contribution >= 4 is 44.9 Å². The third-order valence-corrected chi connectivity index (χ3v) is 13.2. The SMILES string of the molecule is N#Cc1ccc(C(NS(=O)(=O)c2cc3cc(OCCNC(=O)c4ccc(OCc5ccccc5)c(OCc5ccccc5)c4)c(OCCN)cc3s2)P(=O)(O)O)cc1C(F)(F)F. The molecule has 0 aliphatic rings. The van der Waals surface area contributed by atoms with Crippen LogP contribution in [0.3, 0.4) is 0 Å². The number of hydrogen-bond donors (Lipinski definition) is 5. The van der Waals surface area contributed by atoms with E-state index in [1.807, 2.05) is 65.4 Å². The minimum absolute atomic E-state index is 0.0159. The van der Waals surface area contributed by atoms with Crippen molar-refractivity contribution in [3.8, 4) is 29.1 Å². The molecule has 0 spiro atoms. The van der Waals surface area contributed by atoms with Gasteiger partial charge in [-0.25, -0.2) is 8.42 Å². The van der Waals surface area contributed by atoms with Crippen LogP contribution in [-0.4, -0.2) is 50.4 Å². The molecule has 6 aromatic rings. The van der Waals surface area contributed by atoms with E-state index in [0.717, 1.165) is 17.2 Å². The second-order valence-corrected chi connectivity index (χ2v) is 18.1. The smallest absolute Gasteiger partial charge is 0.417 e. The number of fused-ring (bicyclic) bond motifs is 1. The molecule has 0 bridgehead atoms. The van der Waals surface area contributed by atoms with E-state index < -0.39 is 56.4 Å². The van der Waals surface area contributed by atoms with E-state index in [9.17, 15) is 40.7 Å². The maximum Gasteiger partial charge on any atom is 0.417 e. The number of rotatable bonds is 19. The van der Waals surface area contributed by atoms with Gasteiger partial charge in [0.2, 0.25) is 0 Å². The van der Waals surface area contributed by atoms with Crippen LogP contribution >= 0.6 is 18.9 Å². The third-order valence-electron chi connectivity index (χ3n) is 8.91. The number of ether oxygens (including phenoxy) is 4. The van der Waals surface area contributed by atoms with Crippen LogP contribution in [0, 0.1) is 11.3 Å². The van der Waals surface area contributed by atoms with Crippen LogP contribution in [0.4, 0.5) is 13.2 Å². The topological polar surface area (TPSA) is 220 Å². The van der Waals surface area contributed by atoms with Crippen molar-refractivity contribution in [2.75, 3.05) is 26.3 Å². The van der Waals surface area contributed by atoms with Gasteiger partial charge >= 0.3 is 13.8 Å². The number of carbonyl (C=O) groups excluding carboxylic acids is 1. The molecule has 6 rings (SSSR count). The van der Waals surface area contributed by atoms with Gasteiger partial charge < -0.3 is 39.8 Å². The molecule has 20 heteroatoms. The van der Waals surface area contributed by atoms with Gasteiger partial charge in [0.05, 0.1) is 23.7 Å². The lowest BCUT2D eigenvalue weighted by molar-refractivity contribution is -0.137. The van der Waals surface area contributed by atoms with Gasteiger partial charge in [-0.2, -0.15) is 23.2 Å². The molecule has 0 saturated heterocycles. The number of benzene rings is 5. The average Bonchev–Trinajstić information content (AvgIpc) is 3.68. The largest absolute Gasteiger partial charge is 0.488 e. The Balaban J connectivity index is 1.16. The maximum absolute atomic E-state index is 13.7. The number of nitrogens with zero attached hydrogens (tertiary/aromatic N) is 1. The highest BCUT2D eigenvalue weighted by Crippen LogP contribution is 2.52. The van der Waals surface area contributed by atoms with Gasteiger partial charge in [-0.15, -0.1) is 11.3 Å². The monoisotopic (exact) mass is 910 g/mol. The number of nitrogens with one attached hydrogen (secondary N) is 2. The normalized spacial score (nSPS) is 12.3. The van der Waals surface area contributed by atoms with E-state index in [4.69, 9.17) is 29.9 Å². The van der Waals surface area contributed by atoms with E-state index in [-0.39, 0.29) is 56.6 Å². The lowest BCUT2D eigenvalue weighted by Gasteiger charge is -2.21. The molecule has 1 heterocycles. The van der Waals surface area contributed by atoms with E-state index in [1.165, 1.54) is 24.3 Å². The number of nitrogens with two attached hydrogens (primary N) is 1. The molecule has 0 radical (unpaired) electrons. The Morgan fingerprint density at radius 1 is 0.806 bits per heavy atom. The van der Waals surface area contributed by atoms with E-state index in [1.54, 1.807) is 18.2 Å². The van der Waals surface area contributed by atoms with Gasteiger partial charge in [0.1, 0.15) is 36.4 Å². The predicted molar refractivity (Wildman–Crippen MR) is 223 cm³/mol. The summed E-state index contributed by atoms with van der Waals surface area (Å²) < 4.78 is 106. The molecule has 324 valence electrons. The first-order valence-corrected chi connectivity index (χ1v) is 22.5. The first-order valence-electron chi connectivity index (χ1n) is 18.5. The van der Waals surface area contributed by atoms with Crippen molar-refractivity contribution in [1.82, 2.24) is 10.0 Å². The second kappa shape index (κ2) is 19.8. The van der Waals surface area contributed by atoms with Crippen LogP contribution in [0.5, 0.6) is 23.0 Å². The second-order valence-electron chi connectivity index (χ2n) is 13.4. The van der Waals surface area contributed by atoms with Crippen LogP contribution in [0.1, 0.15) is 44.0 Å². The highest BCUT2D eigenvalue weighted by Gasteiger charge is 2.39. The lowest BCUT2D eigenvalue weighted by Crippen LogP contribution is -2.28. The summed E-state index contributed by atoms with van der Waals surface area (Å²) in [6.07, 6.45) is -5.08. The molecule has 1 atom stereocenters. The summed E-state index contributed by atoms with van der Waals surface area (Å²) in [7, 11) is -10.3. The van der Waals surface area contributed by atoms with E-state index >= 15 is 0 Å². The zero-order chi connectivity index (χ0) is 44.5. The molecular weight excluding hydrogens is 873 g/mol. The molecule has 14 nitrogen and oxygen atoms in total. The molecule has 0 aliphatic heterocycles. The zero-order valence-electron chi connectivity index (χ0n) is 32.4. The van der Waals surface area contributed by atoms with E-state index in [2.05, 4.69) is 5.32 Å². The molecule has 6 N–H and O–H groups in total. The van der Waals surface area contributed by atoms with Crippen LogP contribution in [0.15, 0.2) is 119 Å². The molecule has 1 amide bonds. The summed E-state index contributed by atoms with van der Waals surface area (Å²) in [4.78, 5) is 33.4. The Labute approximate surface area is 357 Å². The maximum atomic E-state index is 13.7. The summed E-state index contributed by atoms with van der Waals surface area (Å²) in [5, 5.41) is 12.2. The molecule has 0 fully saturated rings. The fraction of sp³-hybridized carbons (Fsp3) is 0.190. The number of thiophene rings is 1. The lowest BCUT2D eigenvalue weighted by atomic mass is 10.0. The molecule has 0 aliphatic carbocycles. The fourth-order valence-electron chi connectivity index (χ4n) is 5.93. The van der Waals surface area contributed by atoms with Crippen molar-refractivity contribution in [3.63, 3.8) is 0 Å². The standard InChI is InChI=1S/C42H38F3N4O10PS2/c43-42(44,45)33-19-30(11-12-31(33)24-47)41(60(51,52)53)49-62(54,55)39-22-32-21-36(37(56-17-15-46)23-38(32)61-39)57-18-16-48-40(50)29-13-14-34(58-25-27-7-3-1-4-8-27)35(20-29)59-26-28-9-5-2-6-10-28/h1-14,19-23,41,49H,15-18,25-26,46H2,(H,48,50)(H2,51,52,53). The van der Waals surface area contributed by atoms with Crippen LogP contribution in [0.25, 0.3) is 10.1 Å². The highest BCUT2D eigenvalue weighted by molar-refractivity contribution is 7.92. The quantitative estimate of drug-likeness (QED) is 0.0401. The van der Waals surface area contributed by atoms with Crippen LogP contribution < -0.4 is 34.7 Å². The van der Waals surface area contributed by atoms with Gasteiger partial charge in [0.25, 0.3) is 15.9 Å². The molecular formula is C42H38F3N4O10PS2. The third kappa shape index (κ3) is 11.7. The van der Waals surface area contributed by atoms with Crippen molar-refractivity contribution in [1.29, 1.82) is 5.26 Å². The summed E-state index contributed by atoms with van der Waals surface area (Å²) in [6, 6.07) is 31.2. The highest BCUT2D eigenvalue weighted by atomic mass is 32.2. The summed E-state index contributed by atoms with van der Waals surface area (Å²) in [5.74, 6) is -1.74. The first kappa shape index (κ1) is 45.6. The fourth-order valence-corrected chi connectivity index (χ4v) is 9.93. The van der Waals surface area contributed by atoms with Gasteiger partial charge in [-0.05, 0) is 64.5 Å². The minimum Gasteiger partial charge on any atom is -0.488 e. The van der Waals surface area contributed by atoms with Crippen molar-refractivity contribution in [2.45, 2.75) is 29.4 Å². The van der Waals surface area contributed by atoms with E-state index in [0.29, 0.717) is 45.1 Å². The Morgan fingerprint density at radius 2 is 1.42 bits per heavy atom. The van der Waals surface area contributed by atoms with Gasteiger partial charge in [-0.1, -0.05) is 66.7 Å². The predicted octanol–water partition coefficient (Wildman–Crippen LogP) is 7.25. The number of halogens is 3. The number of carbonyl (C=O) groups is 1. The molecule has 1 unspecified atom stereocenters. The molecule has 1 aromatic heterocycles. The number of hydrogen-bond acceptors (Lipinski definition) is 11. The summed E-state index contributed by atoms with van der Waals surface area (Å²) in [5.41, 5.74) is 4.77. The number of nitriles is 1. The zero-order valence-corrected chi connectivity index (χ0v) is 34.9. The van der Waals surface area contributed by atoms with Gasteiger partial charge in [-0.3, -0.25) is 9.36 Å². The first-order chi connectivity index (χ1) is 29.6. The average molecular weight is 911 g/mol. The van der Waals surface area contributed by atoms with Crippen LogP contribution in [0.2, 0.25) is 0 Å². The van der Waals surface area contributed by atoms with Crippen molar-refractivity contribution in [3.05, 3.63) is 149 Å². The number of sulfonamides is 1. The Morgan fingerprint density at radius 3 is 2.03 bits per heavy atom.